The molecule has 2 aromatic carbocycles. The van der Waals surface area contributed by atoms with Crippen LogP contribution in [0.3, 0.4) is 0 Å². The molecule has 1 aliphatic rings. The molecule has 0 spiro atoms. The predicted octanol–water partition coefficient (Wildman–Crippen LogP) is 4.21. The number of hydrogen-bond donors (Lipinski definition) is 1. The Bertz CT molecular complexity index is 1230. The fraction of sp³-hybridized carbons (Fsp3) is 0.269. The average Bonchev–Trinajstić information content (AvgIpc) is 3.48. The maximum atomic E-state index is 12.8. The van der Waals surface area contributed by atoms with Crippen molar-refractivity contribution < 1.29 is 14.3 Å². The zero-order valence-corrected chi connectivity index (χ0v) is 18.6. The Morgan fingerprint density at radius 2 is 1.85 bits per heavy atom. The Kier molecular flexibility index (Phi) is 6.75. The number of benzene rings is 2. The summed E-state index contributed by atoms with van der Waals surface area (Å²) in [5.41, 5.74) is 2.17. The Morgan fingerprint density at radius 3 is 2.55 bits per heavy atom. The van der Waals surface area contributed by atoms with Crippen molar-refractivity contribution in [1.82, 2.24) is 9.47 Å². The van der Waals surface area contributed by atoms with E-state index in [1.807, 2.05) is 52.9 Å². The van der Waals surface area contributed by atoms with Crippen molar-refractivity contribution in [1.29, 1.82) is 5.26 Å². The number of anilines is 1. The first-order valence-corrected chi connectivity index (χ1v) is 11.1. The monoisotopic (exact) mass is 442 g/mol. The van der Waals surface area contributed by atoms with Crippen molar-refractivity contribution in [2.75, 3.05) is 25.0 Å². The summed E-state index contributed by atoms with van der Waals surface area (Å²) in [6.45, 7) is 4.29. The van der Waals surface area contributed by atoms with E-state index >= 15 is 0 Å². The van der Waals surface area contributed by atoms with Crippen LogP contribution < -0.4 is 10.1 Å². The average molecular weight is 443 g/mol. The lowest BCUT2D eigenvalue weighted by atomic mass is 10.1. The highest BCUT2D eigenvalue weighted by molar-refractivity contribution is 6.10. The lowest BCUT2D eigenvalue weighted by Gasteiger charge is -2.15. The van der Waals surface area contributed by atoms with Gasteiger partial charge in [-0.05, 0) is 56.2 Å². The number of rotatable bonds is 7. The molecule has 7 nitrogen and oxygen atoms in total. The first-order valence-electron chi connectivity index (χ1n) is 11.1. The van der Waals surface area contributed by atoms with Gasteiger partial charge in [0.05, 0.1) is 6.61 Å². The number of nitrogens with zero attached hydrogens (tertiary/aromatic N) is 3. The molecule has 0 atom stereocenters. The fourth-order valence-electron chi connectivity index (χ4n) is 4.04. The predicted molar refractivity (Wildman–Crippen MR) is 128 cm³/mol. The second-order valence-electron chi connectivity index (χ2n) is 7.90. The Morgan fingerprint density at radius 1 is 1.12 bits per heavy atom. The molecular weight excluding hydrogens is 416 g/mol. The minimum Gasteiger partial charge on any atom is -0.494 e. The molecule has 0 bridgehead atoms. The lowest BCUT2D eigenvalue weighted by Crippen LogP contribution is -2.30. The van der Waals surface area contributed by atoms with Gasteiger partial charge in [-0.25, -0.2) is 0 Å². The number of hydrogen-bond acceptors (Lipinski definition) is 4. The van der Waals surface area contributed by atoms with Crippen LogP contribution in [-0.2, 0) is 16.1 Å². The number of nitrogens with one attached hydrogen (secondary N) is 1. The van der Waals surface area contributed by atoms with Gasteiger partial charge in [-0.3, -0.25) is 9.59 Å². The second kappa shape index (κ2) is 10.0. The number of aromatic nitrogens is 1. The van der Waals surface area contributed by atoms with Gasteiger partial charge in [-0.2, -0.15) is 5.26 Å². The number of amides is 2. The lowest BCUT2D eigenvalue weighted by molar-refractivity contribution is -0.130. The summed E-state index contributed by atoms with van der Waals surface area (Å²) >= 11 is 0. The Balaban J connectivity index is 1.57. The summed E-state index contributed by atoms with van der Waals surface area (Å²) in [7, 11) is 0. The molecule has 7 heteroatoms. The van der Waals surface area contributed by atoms with E-state index in [1.165, 1.54) is 0 Å². The summed E-state index contributed by atoms with van der Waals surface area (Å²) in [4.78, 5) is 27.3. The Labute approximate surface area is 192 Å². The first-order chi connectivity index (χ1) is 16.1. The molecule has 0 radical (unpaired) electrons. The van der Waals surface area contributed by atoms with Crippen molar-refractivity contribution in [3.63, 3.8) is 0 Å². The summed E-state index contributed by atoms with van der Waals surface area (Å²) in [5.74, 6) is 0.298. The van der Waals surface area contributed by atoms with Crippen LogP contribution in [0.4, 0.5) is 5.69 Å². The molecule has 33 heavy (non-hydrogen) atoms. The fourth-order valence-corrected chi connectivity index (χ4v) is 4.04. The molecule has 2 heterocycles. The van der Waals surface area contributed by atoms with Gasteiger partial charge >= 0.3 is 0 Å². The highest BCUT2D eigenvalue weighted by atomic mass is 16.5. The van der Waals surface area contributed by atoms with Crippen LogP contribution in [0.2, 0.25) is 0 Å². The molecule has 0 aliphatic carbocycles. The minimum atomic E-state index is -0.494. The molecule has 2 amide bonds. The van der Waals surface area contributed by atoms with Crippen molar-refractivity contribution >= 4 is 34.5 Å². The number of carbonyl (C=O) groups excluding carboxylic acids is 2. The molecule has 1 fully saturated rings. The molecule has 1 N–H and O–H groups in total. The second-order valence-corrected chi connectivity index (χ2v) is 7.90. The zero-order chi connectivity index (χ0) is 23.2. The largest absolute Gasteiger partial charge is 0.494 e. The zero-order valence-electron chi connectivity index (χ0n) is 18.6. The molecule has 168 valence electrons. The summed E-state index contributed by atoms with van der Waals surface area (Å²) < 4.78 is 7.30. The minimum absolute atomic E-state index is 0.0161. The van der Waals surface area contributed by atoms with Gasteiger partial charge in [0.15, 0.2) is 0 Å². The molecule has 0 unspecified atom stereocenters. The van der Waals surface area contributed by atoms with Crippen molar-refractivity contribution in [2.24, 2.45) is 0 Å². The van der Waals surface area contributed by atoms with Crippen molar-refractivity contribution in [3.05, 3.63) is 65.9 Å². The molecule has 3 aromatic rings. The third kappa shape index (κ3) is 5.07. The van der Waals surface area contributed by atoms with E-state index in [0.29, 0.717) is 18.0 Å². The number of para-hydroxylation sites is 1. The number of carbonyl (C=O) groups is 2. The van der Waals surface area contributed by atoms with Gasteiger partial charge in [-0.1, -0.05) is 18.2 Å². The Hall–Kier alpha value is -4.05. The highest BCUT2D eigenvalue weighted by Gasteiger charge is 2.19. The number of ether oxygens (including phenoxy) is 1. The standard InChI is InChI=1S/C26H26N4O3/c1-2-33-22-11-9-21(10-12-22)28-26(32)19(16-27)15-20-17-30(24-8-4-3-7-23(20)24)18-25(31)29-13-5-6-14-29/h3-4,7-12,15,17H,2,5-6,13-14,18H2,1H3,(H,28,32)/b19-15+. The van der Waals surface area contributed by atoms with Crippen LogP contribution in [0.5, 0.6) is 5.75 Å². The van der Waals surface area contributed by atoms with Crippen molar-refractivity contribution in [3.8, 4) is 11.8 Å². The molecule has 4 rings (SSSR count). The van der Waals surface area contributed by atoms with Crippen LogP contribution >= 0.6 is 0 Å². The van der Waals surface area contributed by atoms with Crippen LogP contribution in [0.1, 0.15) is 25.3 Å². The highest BCUT2D eigenvalue weighted by Crippen LogP contribution is 2.25. The molecule has 0 saturated carbocycles. The summed E-state index contributed by atoms with van der Waals surface area (Å²) in [6.07, 6.45) is 5.49. The van der Waals surface area contributed by atoms with Gasteiger partial charge < -0.3 is 19.5 Å². The van der Waals surface area contributed by atoms with Gasteiger partial charge in [0.25, 0.3) is 5.91 Å². The van der Waals surface area contributed by atoms with E-state index in [4.69, 9.17) is 4.74 Å². The van der Waals surface area contributed by atoms with Crippen LogP contribution in [0, 0.1) is 11.3 Å². The summed E-state index contributed by atoms with van der Waals surface area (Å²) in [5, 5.41) is 13.3. The van der Waals surface area contributed by atoms with E-state index < -0.39 is 5.91 Å². The SMILES string of the molecule is CCOc1ccc(NC(=O)/C(C#N)=C/c2cn(CC(=O)N3CCCC3)c3ccccc23)cc1. The van der Waals surface area contributed by atoms with E-state index in [2.05, 4.69) is 5.32 Å². The number of fused-ring (bicyclic) bond motifs is 1. The number of nitriles is 1. The van der Waals surface area contributed by atoms with Crippen molar-refractivity contribution in [2.45, 2.75) is 26.3 Å². The van der Waals surface area contributed by atoms with Gasteiger partial charge in [0.1, 0.15) is 23.9 Å². The smallest absolute Gasteiger partial charge is 0.266 e. The topological polar surface area (TPSA) is 87.4 Å². The van der Waals surface area contributed by atoms with Crippen LogP contribution in [0.15, 0.2) is 60.3 Å². The third-order valence-electron chi connectivity index (χ3n) is 5.67. The molecule has 1 aromatic heterocycles. The van der Waals surface area contributed by atoms with Gasteiger partial charge in [0.2, 0.25) is 5.91 Å². The van der Waals surface area contributed by atoms with Gasteiger partial charge in [0, 0.05) is 41.4 Å². The van der Waals surface area contributed by atoms with E-state index in [-0.39, 0.29) is 18.0 Å². The third-order valence-corrected chi connectivity index (χ3v) is 5.67. The van der Waals surface area contributed by atoms with Gasteiger partial charge in [-0.15, -0.1) is 0 Å². The van der Waals surface area contributed by atoms with E-state index in [9.17, 15) is 14.9 Å². The first kappa shape index (κ1) is 22.2. The molecule has 1 saturated heterocycles. The summed E-state index contributed by atoms with van der Waals surface area (Å²) in [6, 6.07) is 16.7. The van der Waals surface area contributed by atoms with Crippen LogP contribution in [-0.4, -0.2) is 41.0 Å². The molecule has 1 aliphatic heterocycles. The molecular formula is C26H26N4O3. The van der Waals surface area contributed by atoms with E-state index in [1.54, 1.807) is 30.3 Å². The quantitative estimate of drug-likeness (QED) is 0.439. The number of likely N-dealkylation sites (tertiary alicyclic amines) is 1. The van der Waals surface area contributed by atoms with Crippen LogP contribution in [0.25, 0.3) is 17.0 Å². The maximum Gasteiger partial charge on any atom is 0.266 e. The van der Waals surface area contributed by atoms with E-state index in [0.717, 1.165) is 42.4 Å². The normalized spacial score (nSPS) is 13.7. The maximum absolute atomic E-state index is 12.8.